The summed E-state index contributed by atoms with van der Waals surface area (Å²) >= 11 is 2.42. The number of methoxy groups -OCH3 is 3. The summed E-state index contributed by atoms with van der Waals surface area (Å²) in [6.45, 7) is 2.25. The molecule has 0 bridgehead atoms. The second-order valence-corrected chi connectivity index (χ2v) is 6.38. The maximum Gasteiger partial charge on any atom is 0.285 e. The van der Waals surface area contributed by atoms with Gasteiger partial charge in [0.25, 0.3) is 5.97 Å². The third kappa shape index (κ3) is 7.57. The lowest BCUT2D eigenvalue weighted by Gasteiger charge is -2.36. The number of unbranched alkanes of at least 4 members (excludes halogenated alkanes) is 5. The molecule has 20 heavy (non-hydrogen) atoms. The van der Waals surface area contributed by atoms with Crippen LogP contribution in [0.3, 0.4) is 0 Å². The minimum Gasteiger partial charge on any atom is -0.331 e. The average Bonchev–Trinajstić information content (AvgIpc) is 2.49. The largest absolute Gasteiger partial charge is 0.331 e. The summed E-state index contributed by atoms with van der Waals surface area (Å²) in [5.74, 6) is -0.557. The molecule has 0 radical (unpaired) electrons. The summed E-state index contributed by atoms with van der Waals surface area (Å²) in [6, 6.07) is 0. The van der Waals surface area contributed by atoms with Gasteiger partial charge in [0.1, 0.15) is 0 Å². The predicted octanol–water partition coefficient (Wildman–Crippen LogP) is 5.16. The summed E-state index contributed by atoms with van der Waals surface area (Å²) in [5, 5.41) is 0. The van der Waals surface area contributed by atoms with Gasteiger partial charge in [-0.05, 0) is 23.7 Å². The van der Waals surface area contributed by atoms with Crippen LogP contribution in [0.4, 0.5) is 0 Å². The first-order chi connectivity index (χ1) is 9.70. The van der Waals surface area contributed by atoms with Crippen molar-refractivity contribution in [3.05, 3.63) is 0 Å². The molecule has 4 heteroatoms. The third-order valence-electron chi connectivity index (χ3n) is 3.95. The highest BCUT2D eigenvalue weighted by molar-refractivity contribution is 14.1. The molecule has 0 N–H and O–H groups in total. The van der Waals surface area contributed by atoms with Crippen LogP contribution in [0.25, 0.3) is 0 Å². The van der Waals surface area contributed by atoms with Crippen LogP contribution in [-0.2, 0) is 14.2 Å². The summed E-state index contributed by atoms with van der Waals surface area (Å²) in [4.78, 5) is 0. The molecule has 1 unspecified atom stereocenters. The maximum atomic E-state index is 5.54. The number of ether oxygens (including phenoxy) is 3. The van der Waals surface area contributed by atoms with Crippen LogP contribution in [0.5, 0.6) is 0 Å². The standard InChI is InChI=1S/C16H33IO3/c1-5-6-7-8-9-10-12-15(13-11-14-17)16(18-2,19-3)20-4/h15H,5-14H2,1-4H3. The molecule has 0 amide bonds. The molecule has 0 saturated carbocycles. The fraction of sp³-hybridized carbons (Fsp3) is 1.00. The van der Waals surface area contributed by atoms with Gasteiger partial charge in [-0.3, -0.25) is 0 Å². The van der Waals surface area contributed by atoms with Crippen molar-refractivity contribution in [3.63, 3.8) is 0 Å². The van der Waals surface area contributed by atoms with E-state index in [1.807, 2.05) is 0 Å². The monoisotopic (exact) mass is 400 g/mol. The second kappa shape index (κ2) is 13.3. The molecule has 3 nitrogen and oxygen atoms in total. The SMILES string of the molecule is CCCCCCCCC(CCCI)C(OC)(OC)OC. The summed E-state index contributed by atoms with van der Waals surface area (Å²) in [7, 11) is 5.02. The van der Waals surface area contributed by atoms with Crippen molar-refractivity contribution in [2.45, 2.75) is 70.7 Å². The van der Waals surface area contributed by atoms with Gasteiger partial charge in [0.15, 0.2) is 0 Å². The van der Waals surface area contributed by atoms with Crippen molar-refractivity contribution >= 4 is 22.6 Å². The maximum absolute atomic E-state index is 5.54. The van der Waals surface area contributed by atoms with E-state index >= 15 is 0 Å². The summed E-state index contributed by atoms with van der Waals surface area (Å²) in [6.07, 6.45) is 11.3. The van der Waals surface area contributed by atoms with Gasteiger partial charge in [-0.15, -0.1) is 0 Å². The molecule has 0 aromatic heterocycles. The van der Waals surface area contributed by atoms with Gasteiger partial charge < -0.3 is 14.2 Å². The number of rotatable bonds is 14. The Hall–Kier alpha value is 0.610. The van der Waals surface area contributed by atoms with E-state index < -0.39 is 5.97 Å². The Morgan fingerprint density at radius 1 is 0.800 bits per heavy atom. The lowest BCUT2D eigenvalue weighted by atomic mass is 9.93. The number of halogens is 1. The molecule has 1 atom stereocenters. The van der Waals surface area contributed by atoms with E-state index in [0.29, 0.717) is 5.92 Å². The normalized spacial score (nSPS) is 13.7. The topological polar surface area (TPSA) is 27.7 Å². The van der Waals surface area contributed by atoms with Crippen LogP contribution in [0.1, 0.15) is 64.7 Å². The summed E-state index contributed by atoms with van der Waals surface area (Å²) in [5.41, 5.74) is 0. The molecule has 0 heterocycles. The molecule has 0 aliphatic heterocycles. The highest BCUT2D eigenvalue weighted by atomic mass is 127. The van der Waals surface area contributed by atoms with Crippen LogP contribution in [0.2, 0.25) is 0 Å². The van der Waals surface area contributed by atoms with Gasteiger partial charge in [-0.1, -0.05) is 68.0 Å². The first-order valence-electron chi connectivity index (χ1n) is 7.92. The smallest absolute Gasteiger partial charge is 0.285 e. The first-order valence-corrected chi connectivity index (χ1v) is 9.44. The Balaban J connectivity index is 4.25. The number of hydrogen-bond acceptors (Lipinski definition) is 3. The van der Waals surface area contributed by atoms with E-state index in [1.165, 1.54) is 44.9 Å². The molecule has 0 aromatic rings. The van der Waals surface area contributed by atoms with Crippen molar-refractivity contribution in [2.75, 3.05) is 25.8 Å². The van der Waals surface area contributed by atoms with Gasteiger partial charge in [0, 0.05) is 27.2 Å². The minimum absolute atomic E-state index is 0.309. The van der Waals surface area contributed by atoms with E-state index in [1.54, 1.807) is 21.3 Å². The number of alkyl halides is 1. The molecule has 0 aromatic carbocycles. The van der Waals surface area contributed by atoms with Gasteiger partial charge in [-0.25, -0.2) is 0 Å². The Bertz CT molecular complexity index is 200. The van der Waals surface area contributed by atoms with E-state index in [-0.39, 0.29) is 0 Å². The Morgan fingerprint density at radius 3 is 1.80 bits per heavy atom. The molecular formula is C16H33IO3. The minimum atomic E-state index is -0.866. The van der Waals surface area contributed by atoms with Crippen LogP contribution in [0, 0.1) is 5.92 Å². The van der Waals surface area contributed by atoms with Crippen molar-refractivity contribution in [1.29, 1.82) is 0 Å². The third-order valence-corrected chi connectivity index (χ3v) is 4.71. The fourth-order valence-electron chi connectivity index (χ4n) is 2.74. The Morgan fingerprint density at radius 2 is 1.30 bits per heavy atom. The summed E-state index contributed by atoms with van der Waals surface area (Å²) < 4.78 is 17.8. The zero-order valence-corrected chi connectivity index (χ0v) is 15.9. The van der Waals surface area contributed by atoms with Crippen LogP contribution in [0.15, 0.2) is 0 Å². The molecule has 0 aliphatic rings. The molecule has 0 saturated heterocycles. The van der Waals surface area contributed by atoms with Crippen molar-refractivity contribution in [3.8, 4) is 0 Å². The van der Waals surface area contributed by atoms with Gasteiger partial charge in [0.2, 0.25) is 0 Å². The molecular weight excluding hydrogens is 367 g/mol. The van der Waals surface area contributed by atoms with Crippen LogP contribution in [-0.4, -0.2) is 31.7 Å². The average molecular weight is 400 g/mol. The second-order valence-electron chi connectivity index (χ2n) is 5.30. The highest BCUT2D eigenvalue weighted by Gasteiger charge is 2.39. The van der Waals surface area contributed by atoms with Gasteiger partial charge >= 0.3 is 0 Å². The van der Waals surface area contributed by atoms with Crippen LogP contribution < -0.4 is 0 Å². The quantitative estimate of drug-likeness (QED) is 0.174. The molecule has 0 fully saturated rings. The molecule has 0 rings (SSSR count). The first kappa shape index (κ1) is 20.6. The van der Waals surface area contributed by atoms with E-state index in [9.17, 15) is 0 Å². The zero-order valence-electron chi connectivity index (χ0n) is 13.8. The lowest BCUT2D eigenvalue weighted by Crippen LogP contribution is -2.44. The molecule has 0 spiro atoms. The Kier molecular flexibility index (Phi) is 13.7. The number of hydrogen-bond donors (Lipinski definition) is 0. The Labute approximate surface area is 139 Å². The van der Waals surface area contributed by atoms with Crippen molar-refractivity contribution in [1.82, 2.24) is 0 Å². The van der Waals surface area contributed by atoms with E-state index in [4.69, 9.17) is 14.2 Å². The molecule has 0 aliphatic carbocycles. The molecule has 122 valence electrons. The van der Waals surface area contributed by atoms with Crippen LogP contribution >= 0.6 is 22.6 Å². The lowest BCUT2D eigenvalue weighted by molar-refractivity contribution is -0.380. The van der Waals surface area contributed by atoms with E-state index in [2.05, 4.69) is 29.5 Å². The van der Waals surface area contributed by atoms with Crippen molar-refractivity contribution < 1.29 is 14.2 Å². The van der Waals surface area contributed by atoms with E-state index in [0.717, 1.165) is 17.3 Å². The van der Waals surface area contributed by atoms with Gasteiger partial charge in [-0.2, -0.15) is 0 Å². The van der Waals surface area contributed by atoms with Crippen molar-refractivity contribution in [2.24, 2.45) is 5.92 Å². The highest BCUT2D eigenvalue weighted by Crippen LogP contribution is 2.32. The van der Waals surface area contributed by atoms with Gasteiger partial charge in [0.05, 0.1) is 0 Å². The zero-order chi connectivity index (χ0) is 15.3. The predicted molar refractivity (Wildman–Crippen MR) is 93.4 cm³/mol. The fourth-order valence-corrected chi connectivity index (χ4v) is 3.18.